The molecule has 0 radical (unpaired) electrons. The maximum atomic E-state index is 12.9. The van der Waals surface area contributed by atoms with E-state index in [-0.39, 0.29) is 12.5 Å². The first-order valence-electron chi connectivity index (χ1n) is 11.0. The Bertz CT molecular complexity index is 1310. The van der Waals surface area contributed by atoms with Gasteiger partial charge in [0, 0.05) is 11.8 Å². The van der Waals surface area contributed by atoms with Crippen molar-refractivity contribution in [2.45, 2.75) is 33.2 Å². The standard InChI is InChI=1S/C27H24F3N3O2/c1-18-5-3-6-19(2)25(18)35-17-20-9-11-22(12-10-20)26(34)32-24-14-31-33(16-24)15-21-7-4-8-23(13-21)27(28,29)30/h3-14,16H,15,17H2,1-2H3,(H,32,34). The number of carbonyl (C=O) groups is 1. The number of amides is 1. The maximum Gasteiger partial charge on any atom is 0.416 e. The Balaban J connectivity index is 1.35. The molecule has 0 fully saturated rings. The van der Waals surface area contributed by atoms with Crippen LogP contribution in [0.4, 0.5) is 18.9 Å². The highest BCUT2D eigenvalue weighted by molar-refractivity contribution is 6.04. The molecule has 8 heteroatoms. The molecule has 0 saturated carbocycles. The monoisotopic (exact) mass is 479 g/mol. The minimum atomic E-state index is -4.40. The Morgan fingerprint density at radius 3 is 2.34 bits per heavy atom. The second-order valence-corrected chi connectivity index (χ2v) is 8.29. The number of carbonyl (C=O) groups excluding carboxylic acids is 1. The minimum Gasteiger partial charge on any atom is -0.488 e. The highest BCUT2D eigenvalue weighted by atomic mass is 19.4. The van der Waals surface area contributed by atoms with Crippen molar-refractivity contribution in [2.24, 2.45) is 0 Å². The summed E-state index contributed by atoms with van der Waals surface area (Å²) in [7, 11) is 0. The maximum absolute atomic E-state index is 12.9. The molecule has 1 N–H and O–H groups in total. The fourth-order valence-electron chi connectivity index (χ4n) is 3.69. The van der Waals surface area contributed by atoms with Gasteiger partial charge in [-0.3, -0.25) is 9.48 Å². The first-order valence-corrected chi connectivity index (χ1v) is 11.0. The second kappa shape index (κ2) is 10.0. The molecule has 0 aliphatic carbocycles. The van der Waals surface area contributed by atoms with Gasteiger partial charge < -0.3 is 10.1 Å². The number of alkyl halides is 3. The number of anilines is 1. The first-order chi connectivity index (χ1) is 16.7. The van der Waals surface area contributed by atoms with Crippen molar-refractivity contribution in [1.29, 1.82) is 0 Å². The van der Waals surface area contributed by atoms with Crippen molar-refractivity contribution in [2.75, 3.05) is 5.32 Å². The normalized spacial score (nSPS) is 11.3. The van der Waals surface area contributed by atoms with Crippen molar-refractivity contribution in [3.8, 4) is 5.75 Å². The van der Waals surface area contributed by atoms with E-state index in [1.807, 2.05) is 44.2 Å². The molecule has 0 bridgehead atoms. The number of hydrogen-bond donors (Lipinski definition) is 1. The predicted molar refractivity (Wildman–Crippen MR) is 127 cm³/mol. The van der Waals surface area contributed by atoms with E-state index in [9.17, 15) is 18.0 Å². The van der Waals surface area contributed by atoms with Gasteiger partial charge in [-0.15, -0.1) is 0 Å². The number of nitrogens with zero attached hydrogens (tertiary/aromatic N) is 2. The van der Waals surface area contributed by atoms with Gasteiger partial charge in [0.1, 0.15) is 12.4 Å². The zero-order valence-corrected chi connectivity index (χ0v) is 19.3. The molecule has 180 valence electrons. The van der Waals surface area contributed by atoms with Crippen LogP contribution in [-0.4, -0.2) is 15.7 Å². The predicted octanol–water partition coefficient (Wildman–Crippen LogP) is 6.40. The van der Waals surface area contributed by atoms with Crippen LogP contribution in [0.1, 0.15) is 38.2 Å². The third kappa shape index (κ3) is 6.09. The summed E-state index contributed by atoms with van der Waals surface area (Å²) in [6.07, 6.45) is -1.37. The van der Waals surface area contributed by atoms with E-state index in [1.54, 1.807) is 24.4 Å². The SMILES string of the molecule is Cc1cccc(C)c1OCc1ccc(C(=O)Nc2cnn(Cc3cccc(C(F)(F)F)c3)c2)cc1. The fraction of sp³-hybridized carbons (Fsp3) is 0.185. The Kier molecular flexibility index (Phi) is 6.91. The zero-order valence-electron chi connectivity index (χ0n) is 19.3. The Labute approximate surface area is 201 Å². The first kappa shape index (κ1) is 24.1. The molecule has 0 aliphatic rings. The highest BCUT2D eigenvalue weighted by Crippen LogP contribution is 2.29. The molecule has 5 nitrogen and oxygen atoms in total. The van der Waals surface area contributed by atoms with E-state index >= 15 is 0 Å². The van der Waals surface area contributed by atoms with Crippen LogP contribution in [0.3, 0.4) is 0 Å². The Hall–Kier alpha value is -4.07. The zero-order chi connectivity index (χ0) is 25.0. The van der Waals surface area contributed by atoms with Gasteiger partial charge in [-0.25, -0.2) is 0 Å². The number of para-hydroxylation sites is 1. The third-order valence-electron chi connectivity index (χ3n) is 5.50. The van der Waals surface area contributed by atoms with Crippen LogP contribution in [0.15, 0.2) is 79.1 Å². The summed E-state index contributed by atoms with van der Waals surface area (Å²) in [4.78, 5) is 12.6. The van der Waals surface area contributed by atoms with Gasteiger partial charge in [0.15, 0.2) is 0 Å². The molecular weight excluding hydrogens is 455 g/mol. The number of hydrogen-bond acceptors (Lipinski definition) is 3. The average Bonchev–Trinajstić information content (AvgIpc) is 3.25. The van der Waals surface area contributed by atoms with E-state index in [0.717, 1.165) is 34.6 Å². The number of aryl methyl sites for hydroxylation is 2. The number of ether oxygens (including phenoxy) is 1. The van der Waals surface area contributed by atoms with E-state index in [0.29, 0.717) is 23.4 Å². The van der Waals surface area contributed by atoms with Gasteiger partial charge in [-0.1, -0.05) is 42.5 Å². The Morgan fingerprint density at radius 2 is 1.66 bits per heavy atom. The summed E-state index contributed by atoms with van der Waals surface area (Å²) < 4.78 is 46.2. The van der Waals surface area contributed by atoms with E-state index in [4.69, 9.17) is 4.74 Å². The summed E-state index contributed by atoms with van der Waals surface area (Å²) in [6.45, 7) is 4.53. The van der Waals surface area contributed by atoms with Crippen LogP contribution >= 0.6 is 0 Å². The van der Waals surface area contributed by atoms with Gasteiger partial charge in [0.05, 0.1) is 24.0 Å². The van der Waals surface area contributed by atoms with Crippen molar-refractivity contribution in [1.82, 2.24) is 9.78 Å². The summed E-state index contributed by atoms with van der Waals surface area (Å²) in [5.74, 6) is 0.544. The molecular formula is C27H24F3N3O2. The molecule has 0 atom stereocenters. The van der Waals surface area contributed by atoms with Gasteiger partial charge in [0.25, 0.3) is 5.91 Å². The van der Waals surface area contributed by atoms with Crippen LogP contribution in [0.25, 0.3) is 0 Å². The lowest BCUT2D eigenvalue weighted by atomic mass is 10.1. The van der Waals surface area contributed by atoms with Gasteiger partial charge in [-0.05, 0) is 60.4 Å². The molecule has 4 aromatic rings. The number of rotatable bonds is 7. The summed E-state index contributed by atoms with van der Waals surface area (Å²) >= 11 is 0. The molecule has 4 rings (SSSR count). The number of nitrogens with one attached hydrogen (secondary N) is 1. The molecule has 1 amide bonds. The van der Waals surface area contributed by atoms with E-state index in [2.05, 4.69) is 10.4 Å². The Morgan fingerprint density at radius 1 is 0.971 bits per heavy atom. The molecule has 0 spiro atoms. The van der Waals surface area contributed by atoms with Crippen molar-refractivity contribution >= 4 is 11.6 Å². The lowest BCUT2D eigenvalue weighted by Crippen LogP contribution is -2.11. The molecule has 1 heterocycles. The number of benzene rings is 3. The smallest absolute Gasteiger partial charge is 0.416 e. The second-order valence-electron chi connectivity index (χ2n) is 8.29. The molecule has 3 aromatic carbocycles. The number of halogens is 3. The van der Waals surface area contributed by atoms with Gasteiger partial charge >= 0.3 is 6.18 Å². The highest BCUT2D eigenvalue weighted by Gasteiger charge is 2.30. The molecule has 0 aliphatic heterocycles. The van der Waals surface area contributed by atoms with E-state index in [1.165, 1.54) is 16.9 Å². The summed E-state index contributed by atoms with van der Waals surface area (Å²) in [5.41, 5.74) is 3.72. The van der Waals surface area contributed by atoms with Crippen molar-refractivity contribution < 1.29 is 22.7 Å². The van der Waals surface area contributed by atoms with Crippen LogP contribution in [0.2, 0.25) is 0 Å². The third-order valence-corrected chi connectivity index (χ3v) is 5.50. The van der Waals surface area contributed by atoms with Gasteiger partial charge in [0.2, 0.25) is 0 Å². The topological polar surface area (TPSA) is 56.1 Å². The molecule has 1 aromatic heterocycles. The van der Waals surface area contributed by atoms with Crippen molar-refractivity contribution in [3.63, 3.8) is 0 Å². The lowest BCUT2D eigenvalue weighted by molar-refractivity contribution is -0.137. The molecule has 35 heavy (non-hydrogen) atoms. The van der Waals surface area contributed by atoms with Gasteiger partial charge in [-0.2, -0.15) is 18.3 Å². The van der Waals surface area contributed by atoms with Crippen LogP contribution < -0.4 is 10.1 Å². The minimum absolute atomic E-state index is 0.148. The van der Waals surface area contributed by atoms with E-state index < -0.39 is 11.7 Å². The largest absolute Gasteiger partial charge is 0.488 e. The van der Waals surface area contributed by atoms with Crippen LogP contribution in [-0.2, 0) is 19.3 Å². The van der Waals surface area contributed by atoms with Crippen LogP contribution in [0, 0.1) is 13.8 Å². The quantitative estimate of drug-likeness (QED) is 0.334. The summed E-state index contributed by atoms with van der Waals surface area (Å²) in [5, 5.41) is 6.89. The van der Waals surface area contributed by atoms with Crippen molar-refractivity contribution in [3.05, 3.63) is 113 Å². The fourth-order valence-corrected chi connectivity index (χ4v) is 3.69. The lowest BCUT2D eigenvalue weighted by Gasteiger charge is -2.12. The summed E-state index contributed by atoms with van der Waals surface area (Å²) in [6, 6.07) is 18.2. The number of aromatic nitrogens is 2. The van der Waals surface area contributed by atoms with Crippen LogP contribution in [0.5, 0.6) is 5.75 Å². The average molecular weight is 480 g/mol. The molecule has 0 saturated heterocycles. The molecule has 0 unspecified atom stereocenters.